The van der Waals surface area contributed by atoms with E-state index in [4.69, 9.17) is 16.3 Å². The molecule has 0 bridgehead atoms. The summed E-state index contributed by atoms with van der Waals surface area (Å²) < 4.78 is 5.82. The molecule has 2 aliphatic rings. The number of likely N-dealkylation sites (tertiary alicyclic amines) is 1. The predicted molar refractivity (Wildman–Crippen MR) is 82.4 cm³/mol. The molecule has 2 fully saturated rings. The van der Waals surface area contributed by atoms with Gasteiger partial charge >= 0.3 is 0 Å². The first-order valence-corrected chi connectivity index (χ1v) is 7.79. The zero-order valence-corrected chi connectivity index (χ0v) is 13.0. The number of nitrogens with one attached hydrogen (secondary N) is 1. The maximum absolute atomic E-state index is 5.87. The second kappa shape index (κ2) is 5.55. The van der Waals surface area contributed by atoms with Gasteiger partial charge in [0.2, 0.25) is 0 Å². The molecule has 1 aromatic rings. The first kappa shape index (κ1) is 14.2. The van der Waals surface area contributed by atoms with Gasteiger partial charge < -0.3 is 10.1 Å². The number of fused-ring (bicyclic) bond motifs is 1. The highest BCUT2D eigenvalue weighted by Gasteiger charge is 2.49. The van der Waals surface area contributed by atoms with Gasteiger partial charge in [-0.15, -0.1) is 0 Å². The molecular weight excluding hydrogens is 272 g/mol. The van der Waals surface area contributed by atoms with Crippen LogP contribution in [0.2, 0.25) is 5.02 Å². The van der Waals surface area contributed by atoms with Gasteiger partial charge in [0.15, 0.2) is 0 Å². The molecule has 0 aromatic heterocycles. The minimum absolute atomic E-state index is 0.275. The average molecular weight is 295 g/mol. The van der Waals surface area contributed by atoms with E-state index in [0.717, 1.165) is 42.3 Å². The van der Waals surface area contributed by atoms with Crippen LogP contribution in [0.25, 0.3) is 0 Å². The smallest absolute Gasteiger partial charge is 0.119 e. The van der Waals surface area contributed by atoms with E-state index in [1.54, 1.807) is 0 Å². The average Bonchev–Trinajstić information content (AvgIpc) is 2.96. The summed E-state index contributed by atoms with van der Waals surface area (Å²) in [6.07, 6.45) is 0. The Morgan fingerprint density at radius 3 is 2.75 bits per heavy atom. The van der Waals surface area contributed by atoms with Crippen LogP contribution in [-0.2, 0) is 0 Å². The minimum atomic E-state index is 0.275. The zero-order valence-electron chi connectivity index (χ0n) is 12.2. The quantitative estimate of drug-likeness (QED) is 0.924. The Kier molecular flexibility index (Phi) is 3.93. The lowest BCUT2D eigenvalue weighted by Crippen LogP contribution is -2.46. The fourth-order valence-electron chi connectivity index (χ4n) is 3.69. The SMILES string of the molecule is CC1(C)C2CNCC2CN1CCOc1ccc(Cl)cc1. The second-order valence-electron chi connectivity index (χ2n) is 6.43. The second-order valence-corrected chi connectivity index (χ2v) is 6.86. The van der Waals surface area contributed by atoms with E-state index in [0.29, 0.717) is 0 Å². The Balaban J connectivity index is 1.53. The van der Waals surface area contributed by atoms with Crippen molar-refractivity contribution in [2.24, 2.45) is 11.8 Å². The molecule has 2 saturated heterocycles. The summed E-state index contributed by atoms with van der Waals surface area (Å²) in [6.45, 7) is 9.98. The van der Waals surface area contributed by atoms with Gasteiger partial charge in [-0.05, 0) is 56.5 Å². The van der Waals surface area contributed by atoms with E-state index in [2.05, 4.69) is 24.1 Å². The predicted octanol–water partition coefficient (Wildman–Crippen LogP) is 2.65. The topological polar surface area (TPSA) is 24.5 Å². The molecule has 0 amide bonds. The van der Waals surface area contributed by atoms with Crippen molar-refractivity contribution in [2.45, 2.75) is 19.4 Å². The van der Waals surface area contributed by atoms with E-state index >= 15 is 0 Å². The van der Waals surface area contributed by atoms with E-state index in [-0.39, 0.29) is 5.54 Å². The van der Waals surface area contributed by atoms with Gasteiger partial charge in [-0.1, -0.05) is 11.6 Å². The summed E-state index contributed by atoms with van der Waals surface area (Å²) in [6, 6.07) is 7.59. The number of rotatable bonds is 4. The van der Waals surface area contributed by atoms with Crippen LogP contribution in [0.1, 0.15) is 13.8 Å². The molecule has 2 atom stereocenters. The molecule has 3 nitrogen and oxygen atoms in total. The van der Waals surface area contributed by atoms with E-state index in [9.17, 15) is 0 Å². The van der Waals surface area contributed by atoms with Gasteiger partial charge in [-0.3, -0.25) is 4.90 Å². The molecule has 1 aromatic carbocycles. The molecule has 2 unspecified atom stereocenters. The fourth-order valence-corrected chi connectivity index (χ4v) is 3.81. The van der Waals surface area contributed by atoms with Crippen LogP contribution < -0.4 is 10.1 Å². The summed E-state index contributed by atoms with van der Waals surface area (Å²) >= 11 is 5.87. The van der Waals surface area contributed by atoms with Crippen LogP contribution >= 0.6 is 11.6 Å². The standard InChI is InChI=1S/C16H23ClN2O/c1-16(2)15-10-18-9-12(15)11-19(16)7-8-20-14-5-3-13(17)4-6-14/h3-6,12,15,18H,7-11H2,1-2H3. The molecule has 0 saturated carbocycles. The largest absolute Gasteiger partial charge is 0.492 e. The highest BCUT2D eigenvalue weighted by molar-refractivity contribution is 6.30. The number of benzene rings is 1. The zero-order chi connectivity index (χ0) is 14.2. The van der Waals surface area contributed by atoms with Gasteiger partial charge in [0.05, 0.1) is 0 Å². The number of ether oxygens (including phenoxy) is 1. The van der Waals surface area contributed by atoms with E-state index in [1.165, 1.54) is 13.1 Å². The van der Waals surface area contributed by atoms with Crippen molar-refractivity contribution in [1.29, 1.82) is 0 Å². The summed E-state index contributed by atoms with van der Waals surface area (Å²) in [7, 11) is 0. The lowest BCUT2D eigenvalue weighted by atomic mass is 9.85. The number of hydrogen-bond acceptors (Lipinski definition) is 3. The summed E-state index contributed by atoms with van der Waals surface area (Å²) in [5, 5.41) is 4.27. The lowest BCUT2D eigenvalue weighted by molar-refractivity contribution is 0.117. The molecule has 110 valence electrons. The Labute approximate surface area is 126 Å². The van der Waals surface area contributed by atoms with Crippen LogP contribution in [0.15, 0.2) is 24.3 Å². The highest BCUT2D eigenvalue weighted by atomic mass is 35.5. The number of halogens is 1. The van der Waals surface area contributed by atoms with Gasteiger partial charge in [-0.2, -0.15) is 0 Å². The third kappa shape index (κ3) is 2.67. The van der Waals surface area contributed by atoms with Gasteiger partial charge in [0.25, 0.3) is 0 Å². The fraction of sp³-hybridized carbons (Fsp3) is 0.625. The van der Waals surface area contributed by atoms with Crippen molar-refractivity contribution < 1.29 is 4.74 Å². The van der Waals surface area contributed by atoms with Crippen molar-refractivity contribution in [3.05, 3.63) is 29.3 Å². The molecule has 4 heteroatoms. The lowest BCUT2D eigenvalue weighted by Gasteiger charge is -2.35. The van der Waals surface area contributed by atoms with E-state index in [1.807, 2.05) is 24.3 Å². The molecule has 2 heterocycles. The van der Waals surface area contributed by atoms with Crippen molar-refractivity contribution in [3.8, 4) is 5.75 Å². The molecular formula is C16H23ClN2O. The third-order valence-corrected chi connectivity index (χ3v) is 5.21. The number of nitrogens with zero attached hydrogens (tertiary/aromatic N) is 1. The molecule has 0 radical (unpaired) electrons. The van der Waals surface area contributed by atoms with Crippen molar-refractivity contribution in [3.63, 3.8) is 0 Å². The maximum atomic E-state index is 5.87. The van der Waals surface area contributed by atoms with Gasteiger partial charge in [-0.25, -0.2) is 0 Å². The van der Waals surface area contributed by atoms with E-state index < -0.39 is 0 Å². The molecule has 0 aliphatic carbocycles. The highest BCUT2D eigenvalue weighted by Crippen LogP contribution is 2.40. The van der Waals surface area contributed by atoms with Crippen molar-refractivity contribution in [2.75, 3.05) is 32.8 Å². The van der Waals surface area contributed by atoms with Crippen LogP contribution in [0, 0.1) is 11.8 Å². The summed E-state index contributed by atoms with van der Waals surface area (Å²) in [5.74, 6) is 2.48. The molecule has 2 aliphatic heterocycles. The minimum Gasteiger partial charge on any atom is -0.492 e. The monoisotopic (exact) mass is 294 g/mol. The van der Waals surface area contributed by atoms with Crippen LogP contribution in [0.4, 0.5) is 0 Å². The first-order valence-electron chi connectivity index (χ1n) is 7.41. The maximum Gasteiger partial charge on any atom is 0.119 e. The third-order valence-electron chi connectivity index (χ3n) is 4.96. The van der Waals surface area contributed by atoms with Crippen LogP contribution in [0.3, 0.4) is 0 Å². The molecule has 20 heavy (non-hydrogen) atoms. The number of hydrogen-bond donors (Lipinski definition) is 1. The van der Waals surface area contributed by atoms with Crippen molar-refractivity contribution >= 4 is 11.6 Å². The van der Waals surface area contributed by atoms with Gasteiger partial charge in [0.1, 0.15) is 12.4 Å². The molecule has 1 N–H and O–H groups in total. The Morgan fingerprint density at radius 2 is 2.05 bits per heavy atom. The Hall–Kier alpha value is -0.770. The first-order chi connectivity index (χ1) is 9.57. The Bertz CT molecular complexity index is 460. The normalized spacial score (nSPS) is 28.6. The molecule has 3 rings (SSSR count). The summed E-state index contributed by atoms with van der Waals surface area (Å²) in [4.78, 5) is 2.58. The van der Waals surface area contributed by atoms with Crippen LogP contribution in [-0.4, -0.2) is 43.2 Å². The van der Waals surface area contributed by atoms with Gasteiger partial charge in [0, 0.05) is 30.2 Å². The molecule has 0 spiro atoms. The van der Waals surface area contributed by atoms with Crippen molar-refractivity contribution in [1.82, 2.24) is 10.2 Å². The summed E-state index contributed by atoms with van der Waals surface area (Å²) in [5.41, 5.74) is 0.275. The Morgan fingerprint density at radius 1 is 1.30 bits per heavy atom. The van der Waals surface area contributed by atoms with Crippen LogP contribution in [0.5, 0.6) is 5.75 Å².